The van der Waals surface area contributed by atoms with Crippen molar-refractivity contribution in [1.82, 2.24) is 4.98 Å². The molecule has 0 bridgehead atoms. The Hall–Kier alpha value is -2.23. The zero-order valence-corrected chi connectivity index (χ0v) is 12.4. The second kappa shape index (κ2) is 6.28. The SMILES string of the molecule is COc1ccccc1[C@H](C)Nc1cc(N(C)C)ccn1. The maximum absolute atomic E-state index is 5.40. The third kappa shape index (κ3) is 3.20. The number of nitrogens with zero attached hydrogens (tertiary/aromatic N) is 2. The summed E-state index contributed by atoms with van der Waals surface area (Å²) in [6, 6.07) is 12.2. The van der Waals surface area contributed by atoms with Crippen molar-refractivity contribution in [3.63, 3.8) is 0 Å². The van der Waals surface area contributed by atoms with Gasteiger partial charge >= 0.3 is 0 Å². The molecule has 1 atom stereocenters. The normalized spacial score (nSPS) is 11.8. The average molecular weight is 271 g/mol. The first-order chi connectivity index (χ1) is 9.61. The Morgan fingerprint density at radius 1 is 1.20 bits per heavy atom. The number of aromatic nitrogens is 1. The molecule has 4 nitrogen and oxygen atoms in total. The van der Waals surface area contributed by atoms with Crippen molar-refractivity contribution < 1.29 is 4.74 Å². The monoisotopic (exact) mass is 271 g/mol. The van der Waals surface area contributed by atoms with Gasteiger partial charge in [-0.05, 0) is 19.1 Å². The lowest BCUT2D eigenvalue weighted by Gasteiger charge is -2.19. The third-order valence-electron chi connectivity index (χ3n) is 3.23. The molecule has 0 aliphatic rings. The summed E-state index contributed by atoms with van der Waals surface area (Å²) in [5, 5.41) is 3.41. The van der Waals surface area contributed by atoms with Crippen LogP contribution in [0.4, 0.5) is 11.5 Å². The molecule has 0 fully saturated rings. The number of para-hydroxylation sites is 1. The van der Waals surface area contributed by atoms with Crippen molar-refractivity contribution >= 4 is 11.5 Å². The van der Waals surface area contributed by atoms with Crippen molar-refractivity contribution in [2.45, 2.75) is 13.0 Å². The number of hydrogen-bond donors (Lipinski definition) is 1. The summed E-state index contributed by atoms with van der Waals surface area (Å²) in [5.74, 6) is 1.74. The fraction of sp³-hybridized carbons (Fsp3) is 0.312. The van der Waals surface area contributed by atoms with Crippen molar-refractivity contribution in [2.24, 2.45) is 0 Å². The van der Waals surface area contributed by atoms with E-state index in [1.54, 1.807) is 7.11 Å². The molecule has 4 heteroatoms. The van der Waals surface area contributed by atoms with Crippen LogP contribution in [0, 0.1) is 0 Å². The summed E-state index contributed by atoms with van der Waals surface area (Å²) in [6.07, 6.45) is 1.81. The van der Waals surface area contributed by atoms with E-state index in [1.807, 2.05) is 50.6 Å². The summed E-state index contributed by atoms with van der Waals surface area (Å²) in [5.41, 5.74) is 2.24. The zero-order valence-electron chi connectivity index (χ0n) is 12.4. The van der Waals surface area contributed by atoms with E-state index < -0.39 is 0 Å². The van der Waals surface area contributed by atoms with Gasteiger partial charge in [-0.2, -0.15) is 0 Å². The Kier molecular flexibility index (Phi) is 4.45. The number of anilines is 2. The highest BCUT2D eigenvalue weighted by atomic mass is 16.5. The summed E-state index contributed by atoms with van der Waals surface area (Å²) in [6.45, 7) is 2.10. The molecule has 0 unspecified atom stereocenters. The predicted molar refractivity (Wildman–Crippen MR) is 83.6 cm³/mol. The fourth-order valence-electron chi connectivity index (χ4n) is 2.10. The van der Waals surface area contributed by atoms with Crippen LogP contribution in [-0.2, 0) is 0 Å². The van der Waals surface area contributed by atoms with E-state index in [9.17, 15) is 0 Å². The van der Waals surface area contributed by atoms with E-state index >= 15 is 0 Å². The van der Waals surface area contributed by atoms with E-state index in [1.165, 1.54) is 0 Å². The highest BCUT2D eigenvalue weighted by molar-refractivity contribution is 5.54. The van der Waals surface area contributed by atoms with Crippen LogP contribution in [0.15, 0.2) is 42.6 Å². The number of ether oxygens (including phenoxy) is 1. The minimum Gasteiger partial charge on any atom is -0.496 e. The lowest BCUT2D eigenvalue weighted by Crippen LogP contribution is -2.12. The van der Waals surface area contributed by atoms with Gasteiger partial charge in [0.2, 0.25) is 0 Å². The number of methoxy groups -OCH3 is 1. The van der Waals surface area contributed by atoms with Gasteiger partial charge in [0.25, 0.3) is 0 Å². The zero-order chi connectivity index (χ0) is 14.5. The topological polar surface area (TPSA) is 37.4 Å². The van der Waals surface area contributed by atoms with Gasteiger partial charge < -0.3 is 15.0 Å². The van der Waals surface area contributed by atoms with Crippen molar-refractivity contribution in [3.05, 3.63) is 48.2 Å². The van der Waals surface area contributed by atoms with Gasteiger partial charge in [0, 0.05) is 37.6 Å². The molecule has 106 valence electrons. The highest BCUT2D eigenvalue weighted by Crippen LogP contribution is 2.27. The molecule has 0 saturated heterocycles. The number of hydrogen-bond acceptors (Lipinski definition) is 4. The van der Waals surface area contributed by atoms with Crippen LogP contribution in [0.5, 0.6) is 5.75 Å². The van der Waals surface area contributed by atoms with Crippen LogP contribution in [0.3, 0.4) is 0 Å². The molecule has 2 rings (SSSR count). The quantitative estimate of drug-likeness (QED) is 0.905. The third-order valence-corrected chi connectivity index (χ3v) is 3.23. The Labute approximate surface area is 120 Å². The molecule has 2 aromatic rings. The number of benzene rings is 1. The Morgan fingerprint density at radius 3 is 2.65 bits per heavy atom. The van der Waals surface area contributed by atoms with E-state index in [2.05, 4.69) is 28.2 Å². The molecule has 20 heavy (non-hydrogen) atoms. The minimum absolute atomic E-state index is 0.121. The molecule has 1 aromatic carbocycles. The highest BCUT2D eigenvalue weighted by Gasteiger charge is 2.11. The van der Waals surface area contributed by atoms with E-state index in [-0.39, 0.29) is 6.04 Å². The minimum atomic E-state index is 0.121. The predicted octanol–water partition coefficient (Wildman–Crippen LogP) is 3.33. The van der Waals surface area contributed by atoms with Crippen LogP contribution in [0.2, 0.25) is 0 Å². The number of nitrogens with one attached hydrogen (secondary N) is 1. The first-order valence-corrected chi connectivity index (χ1v) is 6.64. The molecule has 0 amide bonds. The summed E-state index contributed by atoms with van der Waals surface area (Å²) >= 11 is 0. The molecule has 0 saturated carbocycles. The Balaban J connectivity index is 2.19. The second-order valence-corrected chi connectivity index (χ2v) is 4.90. The van der Waals surface area contributed by atoms with Gasteiger partial charge in [0.05, 0.1) is 13.2 Å². The van der Waals surface area contributed by atoms with Crippen LogP contribution in [-0.4, -0.2) is 26.2 Å². The average Bonchev–Trinajstić information content (AvgIpc) is 2.47. The van der Waals surface area contributed by atoms with E-state index in [0.717, 1.165) is 22.8 Å². The van der Waals surface area contributed by atoms with E-state index in [0.29, 0.717) is 0 Å². The van der Waals surface area contributed by atoms with Gasteiger partial charge in [0.15, 0.2) is 0 Å². The first-order valence-electron chi connectivity index (χ1n) is 6.64. The van der Waals surface area contributed by atoms with Gasteiger partial charge in [-0.1, -0.05) is 18.2 Å². The molecular weight excluding hydrogens is 250 g/mol. The summed E-state index contributed by atoms with van der Waals surface area (Å²) < 4.78 is 5.40. The molecule has 0 aliphatic heterocycles. The van der Waals surface area contributed by atoms with Crippen LogP contribution in [0.25, 0.3) is 0 Å². The smallest absolute Gasteiger partial charge is 0.128 e. The lowest BCUT2D eigenvalue weighted by molar-refractivity contribution is 0.408. The maximum atomic E-state index is 5.40. The Morgan fingerprint density at radius 2 is 1.95 bits per heavy atom. The molecule has 0 radical (unpaired) electrons. The van der Waals surface area contributed by atoms with E-state index in [4.69, 9.17) is 4.74 Å². The van der Waals surface area contributed by atoms with Crippen LogP contribution >= 0.6 is 0 Å². The largest absolute Gasteiger partial charge is 0.496 e. The standard InChI is InChI=1S/C16H21N3O/c1-12(14-7-5-6-8-15(14)20-4)18-16-11-13(19(2)3)9-10-17-16/h5-12H,1-4H3,(H,17,18)/t12-/m0/s1. The maximum Gasteiger partial charge on any atom is 0.128 e. The summed E-state index contributed by atoms with van der Waals surface area (Å²) in [7, 11) is 5.72. The first kappa shape index (κ1) is 14.2. The van der Waals surface area contributed by atoms with Crippen molar-refractivity contribution in [2.75, 3.05) is 31.4 Å². The van der Waals surface area contributed by atoms with Crippen molar-refractivity contribution in [1.29, 1.82) is 0 Å². The molecule has 0 spiro atoms. The van der Waals surface area contributed by atoms with Crippen LogP contribution < -0.4 is 15.0 Å². The molecule has 0 aliphatic carbocycles. The lowest BCUT2D eigenvalue weighted by atomic mass is 10.1. The number of rotatable bonds is 5. The molecular formula is C16H21N3O. The Bertz CT molecular complexity index is 569. The second-order valence-electron chi connectivity index (χ2n) is 4.90. The molecule has 1 heterocycles. The van der Waals surface area contributed by atoms with Gasteiger partial charge in [-0.15, -0.1) is 0 Å². The van der Waals surface area contributed by atoms with Crippen molar-refractivity contribution in [3.8, 4) is 5.75 Å². The fourth-order valence-corrected chi connectivity index (χ4v) is 2.10. The molecule has 1 N–H and O–H groups in total. The van der Waals surface area contributed by atoms with Gasteiger partial charge in [0.1, 0.15) is 11.6 Å². The molecule has 1 aromatic heterocycles. The van der Waals surface area contributed by atoms with Crippen LogP contribution in [0.1, 0.15) is 18.5 Å². The van der Waals surface area contributed by atoms with Gasteiger partial charge in [-0.25, -0.2) is 4.98 Å². The summed E-state index contributed by atoms with van der Waals surface area (Å²) in [4.78, 5) is 6.42. The number of pyridine rings is 1. The van der Waals surface area contributed by atoms with Gasteiger partial charge in [-0.3, -0.25) is 0 Å².